The zero-order valence-corrected chi connectivity index (χ0v) is 14.4. The molecular formula is C18H18N4OS. The highest BCUT2D eigenvalue weighted by molar-refractivity contribution is 7.90. The van der Waals surface area contributed by atoms with E-state index in [0.29, 0.717) is 0 Å². The molecule has 122 valence electrons. The van der Waals surface area contributed by atoms with E-state index < -0.39 is 11.2 Å². The van der Waals surface area contributed by atoms with Crippen LogP contribution in [0.15, 0.2) is 47.4 Å². The van der Waals surface area contributed by atoms with Crippen LogP contribution in [0.25, 0.3) is 22.6 Å². The first-order valence-corrected chi connectivity index (χ1v) is 9.41. The predicted octanol–water partition coefficient (Wildman–Crippen LogP) is 3.08. The fourth-order valence-corrected chi connectivity index (χ4v) is 3.55. The van der Waals surface area contributed by atoms with Crippen LogP contribution >= 0.6 is 0 Å². The third-order valence-corrected chi connectivity index (χ3v) is 5.11. The highest BCUT2D eigenvalue weighted by Crippen LogP contribution is 2.35. The van der Waals surface area contributed by atoms with Gasteiger partial charge in [-0.3, -0.25) is 4.98 Å². The first-order chi connectivity index (χ1) is 11.6. The number of nitrogens with zero attached hydrogens (tertiary/aromatic N) is 3. The fraction of sp³-hybridized carbons (Fsp3) is 0.222. The molecule has 1 aliphatic rings. The van der Waals surface area contributed by atoms with E-state index in [1.165, 1.54) is 0 Å². The van der Waals surface area contributed by atoms with Crippen LogP contribution in [0.2, 0.25) is 0 Å². The fourth-order valence-electron chi connectivity index (χ4n) is 3.04. The molecule has 24 heavy (non-hydrogen) atoms. The molecule has 0 saturated heterocycles. The lowest BCUT2D eigenvalue weighted by Crippen LogP contribution is -2.00. The van der Waals surface area contributed by atoms with E-state index in [0.717, 1.165) is 52.3 Å². The van der Waals surface area contributed by atoms with Gasteiger partial charge >= 0.3 is 0 Å². The van der Waals surface area contributed by atoms with Gasteiger partial charge in [-0.1, -0.05) is 6.07 Å². The molecule has 0 spiro atoms. The Morgan fingerprint density at radius 2 is 1.92 bits per heavy atom. The van der Waals surface area contributed by atoms with Crippen molar-refractivity contribution in [2.75, 3.05) is 18.1 Å². The molecule has 2 aromatic heterocycles. The van der Waals surface area contributed by atoms with Crippen molar-refractivity contribution in [1.82, 2.24) is 14.5 Å². The zero-order valence-electron chi connectivity index (χ0n) is 13.6. The van der Waals surface area contributed by atoms with Gasteiger partial charge in [0.05, 0.1) is 11.4 Å². The highest BCUT2D eigenvalue weighted by Gasteiger charge is 2.24. The number of fused-ring (bicyclic) bond motifs is 1. The van der Waals surface area contributed by atoms with Crippen molar-refractivity contribution in [2.24, 2.45) is 0 Å². The summed E-state index contributed by atoms with van der Waals surface area (Å²) in [6, 6.07) is 13.8. The second-order valence-electron chi connectivity index (χ2n) is 5.85. The van der Waals surface area contributed by atoms with Crippen LogP contribution in [0.3, 0.4) is 0 Å². The molecular weight excluding hydrogens is 320 g/mol. The van der Waals surface area contributed by atoms with Crippen molar-refractivity contribution in [1.29, 1.82) is 0 Å². The Labute approximate surface area is 144 Å². The molecule has 1 aromatic carbocycles. The minimum Gasteiger partial charge on any atom is -0.612 e. The largest absolute Gasteiger partial charge is 0.612 e. The van der Waals surface area contributed by atoms with Crippen LogP contribution in [0, 0.1) is 6.92 Å². The average molecular weight is 338 g/mol. The number of nitrogens with one attached hydrogen (secondary N) is 1. The summed E-state index contributed by atoms with van der Waals surface area (Å²) < 4.78 is 13.8. The van der Waals surface area contributed by atoms with E-state index >= 15 is 0 Å². The molecule has 6 heteroatoms. The molecule has 0 amide bonds. The van der Waals surface area contributed by atoms with Gasteiger partial charge in [0.25, 0.3) is 0 Å². The number of pyridine rings is 1. The molecule has 1 aliphatic heterocycles. The number of hydrogen-bond acceptors (Lipinski definition) is 4. The molecule has 0 fully saturated rings. The monoisotopic (exact) mass is 338 g/mol. The Morgan fingerprint density at radius 1 is 1.12 bits per heavy atom. The number of benzene rings is 1. The molecule has 1 unspecified atom stereocenters. The lowest BCUT2D eigenvalue weighted by atomic mass is 10.1. The predicted molar refractivity (Wildman–Crippen MR) is 96.5 cm³/mol. The third-order valence-electron chi connectivity index (χ3n) is 4.18. The lowest BCUT2D eigenvalue weighted by molar-refractivity contribution is 0.601. The summed E-state index contributed by atoms with van der Waals surface area (Å²) >= 11 is -0.975. The van der Waals surface area contributed by atoms with Crippen LogP contribution in [0.5, 0.6) is 0 Å². The van der Waals surface area contributed by atoms with Gasteiger partial charge in [-0.05, 0) is 54.5 Å². The Kier molecular flexibility index (Phi) is 3.78. The summed E-state index contributed by atoms with van der Waals surface area (Å²) in [5, 5.41) is 3.32. The number of anilines is 1. The van der Waals surface area contributed by atoms with E-state index in [2.05, 4.69) is 14.9 Å². The van der Waals surface area contributed by atoms with E-state index in [1.54, 1.807) is 6.26 Å². The van der Waals surface area contributed by atoms with Gasteiger partial charge in [0.2, 0.25) is 5.95 Å². The van der Waals surface area contributed by atoms with E-state index in [4.69, 9.17) is 4.98 Å². The summed E-state index contributed by atoms with van der Waals surface area (Å²) in [6.07, 6.45) is 1.69. The van der Waals surface area contributed by atoms with Crippen LogP contribution in [-0.4, -0.2) is 31.9 Å². The van der Waals surface area contributed by atoms with Gasteiger partial charge in [-0.15, -0.1) is 0 Å². The Bertz CT molecular complexity index is 887. The quantitative estimate of drug-likeness (QED) is 0.745. The Morgan fingerprint density at radius 3 is 2.62 bits per heavy atom. The van der Waals surface area contributed by atoms with E-state index in [1.807, 2.05) is 49.4 Å². The van der Waals surface area contributed by atoms with Crippen molar-refractivity contribution in [3.63, 3.8) is 0 Å². The van der Waals surface area contributed by atoms with Crippen molar-refractivity contribution in [2.45, 2.75) is 18.4 Å². The number of hydrogen-bond donors (Lipinski definition) is 1. The average Bonchev–Trinajstić information content (AvgIpc) is 3.15. The molecule has 4 rings (SSSR count). The maximum Gasteiger partial charge on any atom is 0.204 e. The Balaban J connectivity index is 1.87. The summed E-state index contributed by atoms with van der Waals surface area (Å²) in [4.78, 5) is 10.2. The smallest absolute Gasteiger partial charge is 0.204 e. The van der Waals surface area contributed by atoms with Crippen molar-refractivity contribution < 1.29 is 4.55 Å². The lowest BCUT2D eigenvalue weighted by Gasteiger charge is -2.09. The number of aryl methyl sites for hydroxylation is 1. The van der Waals surface area contributed by atoms with Crippen LogP contribution in [0.4, 0.5) is 5.95 Å². The topological polar surface area (TPSA) is 65.8 Å². The molecule has 0 saturated carbocycles. The minimum absolute atomic E-state index is 0.827. The van der Waals surface area contributed by atoms with Gasteiger partial charge in [-0.2, -0.15) is 0 Å². The van der Waals surface area contributed by atoms with E-state index in [-0.39, 0.29) is 0 Å². The zero-order chi connectivity index (χ0) is 16.7. The molecule has 0 bridgehead atoms. The van der Waals surface area contributed by atoms with Crippen LogP contribution in [-0.2, 0) is 17.7 Å². The number of rotatable bonds is 3. The maximum absolute atomic E-state index is 11.6. The molecule has 3 aromatic rings. The van der Waals surface area contributed by atoms with Crippen LogP contribution < -0.4 is 5.32 Å². The summed E-state index contributed by atoms with van der Waals surface area (Å²) in [6.45, 7) is 3.75. The first kappa shape index (κ1) is 15.2. The SMILES string of the molecule is Cc1cccc(-c2nc3n(c2-c2ccc([S+](C)[O-])cc2)CCN3)n1. The highest BCUT2D eigenvalue weighted by atomic mass is 32.2. The van der Waals surface area contributed by atoms with Crippen LogP contribution in [0.1, 0.15) is 5.69 Å². The van der Waals surface area contributed by atoms with Gasteiger partial charge in [0.1, 0.15) is 11.9 Å². The second-order valence-corrected chi connectivity index (χ2v) is 7.23. The van der Waals surface area contributed by atoms with Gasteiger partial charge < -0.3 is 14.4 Å². The Hall–Kier alpha value is -2.31. The standard InChI is InChI=1S/C18H18N4OS/c1-12-4-3-5-15(20-12)16-17(22-11-10-19-18(22)21-16)13-6-8-14(9-7-13)24(2)23/h3-9H,10-11H2,1-2H3,(H,19,21). The molecule has 1 atom stereocenters. The van der Waals surface area contributed by atoms with E-state index in [9.17, 15) is 4.55 Å². The summed E-state index contributed by atoms with van der Waals surface area (Å²) in [5.74, 6) is 0.881. The molecule has 0 radical (unpaired) electrons. The third kappa shape index (κ3) is 2.57. The van der Waals surface area contributed by atoms with Gasteiger partial charge in [-0.25, -0.2) is 4.98 Å². The minimum atomic E-state index is -0.975. The van der Waals surface area contributed by atoms with Gasteiger partial charge in [0.15, 0.2) is 4.90 Å². The summed E-state index contributed by atoms with van der Waals surface area (Å²) in [5.41, 5.74) is 4.84. The number of imidazole rings is 1. The molecule has 3 heterocycles. The molecule has 5 nitrogen and oxygen atoms in total. The maximum atomic E-state index is 11.6. The molecule has 1 N–H and O–H groups in total. The first-order valence-electron chi connectivity index (χ1n) is 7.86. The normalized spacial score (nSPS) is 14.3. The second kappa shape index (κ2) is 5.96. The van der Waals surface area contributed by atoms with Crippen molar-refractivity contribution in [3.05, 3.63) is 48.2 Å². The van der Waals surface area contributed by atoms with Gasteiger partial charge in [0, 0.05) is 24.3 Å². The van der Waals surface area contributed by atoms with Crippen molar-refractivity contribution in [3.8, 4) is 22.6 Å². The van der Waals surface area contributed by atoms with Crippen molar-refractivity contribution >= 4 is 17.1 Å². The summed E-state index contributed by atoms with van der Waals surface area (Å²) in [7, 11) is 0. The number of aromatic nitrogens is 3. The molecule has 0 aliphatic carbocycles.